The number of hydrogen-bond acceptors (Lipinski definition) is 3. The summed E-state index contributed by atoms with van der Waals surface area (Å²) in [5.74, 6) is -0.331. The summed E-state index contributed by atoms with van der Waals surface area (Å²) in [6.07, 6.45) is 0.709. The lowest BCUT2D eigenvalue weighted by molar-refractivity contribution is 0.0696. The van der Waals surface area contributed by atoms with E-state index in [-0.39, 0.29) is 5.56 Å². The number of aryl methyl sites for hydroxylation is 2. The summed E-state index contributed by atoms with van der Waals surface area (Å²) in [6.45, 7) is 4.62. The van der Waals surface area contributed by atoms with Crippen LogP contribution >= 0.6 is 0 Å². The number of hydrogen-bond donors (Lipinski definition) is 2. The van der Waals surface area contributed by atoms with Crippen LogP contribution in [0.4, 0.5) is 5.82 Å². The number of carboxylic acid groups (broad SMARTS) is 1. The SMILES string of the molecule is CCc1cc(C(=O)O)cc(NCc2ccc(C)cc2)n1. The van der Waals surface area contributed by atoms with E-state index in [2.05, 4.69) is 22.4 Å². The Hall–Kier alpha value is -2.36. The van der Waals surface area contributed by atoms with Crippen LogP contribution in [-0.4, -0.2) is 16.1 Å². The van der Waals surface area contributed by atoms with Crippen molar-refractivity contribution in [3.63, 3.8) is 0 Å². The molecule has 104 valence electrons. The molecule has 2 rings (SSSR count). The van der Waals surface area contributed by atoms with E-state index in [1.54, 1.807) is 12.1 Å². The van der Waals surface area contributed by atoms with Crippen LogP contribution in [0.3, 0.4) is 0 Å². The lowest BCUT2D eigenvalue weighted by atomic mass is 10.1. The highest BCUT2D eigenvalue weighted by molar-refractivity contribution is 5.88. The van der Waals surface area contributed by atoms with Gasteiger partial charge in [-0.25, -0.2) is 9.78 Å². The summed E-state index contributed by atoms with van der Waals surface area (Å²) in [7, 11) is 0. The fraction of sp³-hybridized carbons (Fsp3) is 0.250. The average molecular weight is 270 g/mol. The highest BCUT2D eigenvalue weighted by Gasteiger charge is 2.07. The fourth-order valence-corrected chi connectivity index (χ4v) is 1.88. The van der Waals surface area contributed by atoms with Crippen LogP contribution in [0.1, 0.15) is 34.1 Å². The number of carbonyl (C=O) groups is 1. The normalized spacial score (nSPS) is 10.3. The molecule has 0 saturated heterocycles. The Labute approximate surface area is 118 Å². The molecule has 0 atom stereocenters. The van der Waals surface area contributed by atoms with Crippen LogP contribution in [0.25, 0.3) is 0 Å². The van der Waals surface area contributed by atoms with Gasteiger partial charge in [-0.3, -0.25) is 0 Å². The second kappa shape index (κ2) is 6.19. The van der Waals surface area contributed by atoms with E-state index in [4.69, 9.17) is 5.11 Å². The summed E-state index contributed by atoms with van der Waals surface area (Å²) in [5.41, 5.74) is 3.39. The van der Waals surface area contributed by atoms with Gasteiger partial charge in [0.15, 0.2) is 0 Å². The summed E-state index contributed by atoms with van der Waals surface area (Å²) < 4.78 is 0. The molecule has 1 aromatic heterocycles. The standard InChI is InChI=1S/C16H18N2O2/c1-3-14-8-13(16(19)20)9-15(18-14)17-10-12-6-4-11(2)5-7-12/h4-9H,3,10H2,1-2H3,(H,17,18)(H,19,20). The number of benzene rings is 1. The van der Waals surface area contributed by atoms with Gasteiger partial charge in [-0.15, -0.1) is 0 Å². The molecule has 0 spiro atoms. The van der Waals surface area contributed by atoms with Gasteiger partial charge in [0.2, 0.25) is 0 Å². The molecule has 0 fully saturated rings. The van der Waals surface area contributed by atoms with Crippen molar-refractivity contribution in [2.45, 2.75) is 26.8 Å². The Morgan fingerprint density at radius 3 is 2.55 bits per heavy atom. The summed E-state index contributed by atoms with van der Waals surface area (Å²) in [4.78, 5) is 15.5. The van der Waals surface area contributed by atoms with Crippen LogP contribution in [-0.2, 0) is 13.0 Å². The Morgan fingerprint density at radius 1 is 1.25 bits per heavy atom. The van der Waals surface area contributed by atoms with Gasteiger partial charge in [-0.2, -0.15) is 0 Å². The van der Waals surface area contributed by atoms with E-state index in [0.717, 1.165) is 11.3 Å². The molecular weight excluding hydrogens is 252 g/mol. The molecule has 0 unspecified atom stereocenters. The molecular formula is C16H18N2O2. The maximum atomic E-state index is 11.1. The molecule has 2 N–H and O–H groups in total. The minimum absolute atomic E-state index is 0.267. The number of nitrogens with one attached hydrogen (secondary N) is 1. The van der Waals surface area contributed by atoms with Crippen LogP contribution in [0, 0.1) is 6.92 Å². The fourth-order valence-electron chi connectivity index (χ4n) is 1.88. The molecule has 0 bridgehead atoms. The van der Waals surface area contributed by atoms with Gasteiger partial charge in [0.25, 0.3) is 0 Å². The summed E-state index contributed by atoms with van der Waals surface area (Å²) >= 11 is 0. The van der Waals surface area contributed by atoms with Gasteiger partial charge in [0.1, 0.15) is 5.82 Å². The number of anilines is 1. The van der Waals surface area contributed by atoms with E-state index in [1.165, 1.54) is 5.56 Å². The van der Waals surface area contributed by atoms with Crippen molar-refractivity contribution < 1.29 is 9.90 Å². The largest absolute Gasteiger partial charge is 0.478 e. The second-order valence-electron chi connectivity index (χ2n) is 4.73. The van der Waals surface area contributed by atoms with E-state index in [9.17, 15) is 4.79 Å². The topological polar surface area (TPSA) is 62.2 Å². The third-order valence-corrected chi connectivity index (χ3v) is 3.08. The van der Waals surface area contributed by atoms with Crippen LogP contribution < -0.4 is 5.32 Å². The number of aromatic nitrogens is 1. The lowest BCUT2D eigenvalue weighted by Crippen LogP contribution is -2.06. The highest BCUT2D eigenvalue weighted by atomic mass is 16.4. The average Bonchev–Trinajstić information content (AvgIpc) is 2.46. The predicted molar refractivity (Wildman–Crippen MR) is 79.1 cm³/mol. The predicted octanol–water partition coefficient (Wildman–Crippen LogP) is 3.26. The number of nitrogens with zero attached hydrogens (tertiary/aromatic N) is 1. The Bertz CT molecular complexity index is 606. The molecule has 0 aliphatic carbocycles. The maximum Gasteiger partial charge on any atom is 0.335 e. The molecule has 4 heteroatoms. The first kappa shape index (κ1) is 14.1. The van der Waals surface area contributed by atoms with Crippen molar-refractivity contribution in [1.29, 1.82) is 0 Å². The zero-order valence-electron chi connectivity index (χ0n) is 11.7. The zero-order valence-corrected chi connectivity index (χ0v) is 11.7. The van der Waals surface area contributed by atoms with Gasteiger partial charge in [0, 0.05) is 12.2 Å². The van der Waals surface area contributed by atoms with E-state index in [1.807, 2.05) is 26.0 Å². The molecule has 2 aromatic rings. The van der Waals surface area contributed by atoms with E-state index in [0.29, 0.717) is 18.8 Å². The van der Waals surface area contributed by atoms with Crippen LogP contribution in [0.15, 0.2) is 36.4 Å². The first-order valence-electron chi connectivity index (χ1n) is 6.62. The van der Waals surface area contributed by atoms with E-state index >= 15 is 0 Å². The molecule has 0 saturated carbocycles. The molecule has 1 aromatic carbocycles. The first-order valence-corrected chi connectivity index (χ1v) is 6.62. The van der Waals surface area contributed by atoms with Crippen molar-refractivity contribution in [1.82, 2.24) is 4.98 Å². The summed E-state index contributed by atoms with van der Waals surface area (Å²) in [5, 5.41) is 12.3. The van der Waals surface area contributed by atoms with Gasteiger partial charge in [0.05, 0.1) is 5.56 Å². The van der Waals surface area contributed by atoms with Gasteiger partial charge >= 0.3 is 5.97 Å². The zero-order chi connectivity index (χ0) is 14.5. The Morgan fingerprint density at radius 2 is 1.95 bits per heavy atom. The summed E-state index contributed by atoms with van der Waals surface area (Å²) in [6, 6.07) is 11.4. The maximum absolute atomic E-state index is 11.1. The number of rotatable bonds is 5. The van der Waals surface area contributed by atoms with Gasteiger partial charge in [-0.1, -0.05) is 36.8 Å². The van der Waals surface area contributed by atoms with Crippen LogP contribution in [0.2, 0.25) is 0 Å². The van der Waals surface area contributed by atoms with Crippen molar-refractivity contribution >= 4 is 11.8 Å². The Balaban J connectivity index is 2.14. The molecule has 1 heterocycles. The molecule has 20 heavy (non-hydrogen) atoms. The van der Waals surface area contributed by atoms with Crippen molar-refractivity contribution in [2.75, 3.05) is 5.32 Å². The van der Waals surface area contributed by atoms with Gasteiger partial charge in [-0.05, 0) is 31.0 Å². The number of carboxylic acids is 1. The van der Waals surface area contributed by atoms with Crippen LogP contribution in [0.5, 0.6) is 0 Å². The Kier molecular flexibility index (Phi) is 4.35. The molecule has 0 aliphatic rings. The molecule has 4 nitrogen and oxygen atoms in total. The van der Waals surface area contributed by atoms with Crippen molar-refractivity contribution in [3.8, 4) is 0 Å². The molecule has 0 aliphatic heterocycles. The third-order valence-electron chi connectivity index (χ3n) is 3.08. The van der Waals surface area contributed by atoms with Crippen molar-refractivity contribution in [3.05, 3.63) is 58.8 Å². The second-order valence-corrected chi connectivity index (χ2v) is 4.73. The number of pyridine rings is 1. The minimum Gasteiger partial charge on any atom is -0.478 e. The lowest BCUT2D eigenvalue weighted by Gasteiger charge is -2.09. The quantitative estimate of drug-likeness (QED) is 0.875. The van der Waals surface area contributed by atoms with Crippen molar-refractivity contribution in [2.24, 2.45) is 0 Å². The monoisotopic (exact) mass is 270 g/mol. The first-order chi connectivity index (χ1) is 9.58. The third kappa shape index (κ3) is 3.57. The number of aromatic carboxylic acids is 1. The van der Waals surface area contributed by atoms with Gasteiger partial charge < -0.3 is 10.4 Å². The van der Waals surface area contributed by atoms with E-state index < -0.39 is 5.97 Å². The minimum atomic E-state index is -0.930. The molecule has 0 radical (unpaired) electrons. The molecule has 0 amide bonds. The smallest absolute Gasteiger partial charge is 0.335 e. The highest BCUT2D eigenvalue weighted by Crippen LogP contribution is 2.13.